The summed E-state index contributed by atoms with van der Waals surface area (Å²) in [7, 11) is 0. The Kier molecular flexibility index (Phi) is 4.68. The van der Waals surface area contributed by atoms with Gasteiger partial charge < -0.3 is 4.74 Å². The summed E-state index contributed by atoms with van der Waals surface area (Å²) in [4.78, 5) is 0. The molecule has 0 bridgehead atoms. The fraction of sp³-hybridized carbons (Fsp3) is 0.250. The standard InChI is InChI=1S/C16H13F5O/c1-10(11-2-4-13(17)5-3-11)9-22-15-7-12(16(19,20)21)6-14(18)8-15/h2-8,10H,9H2,1H3. The normalized spacial score (nSPS) is 13.0. The fourth-order valence-electron chi connectivity index (χ4n) is 1.92. The summed E-state index contributed by atoms with van der Waals surface area (Å²) in [5.74, 6) is -1.77. The third kappa shape index (κ3) is 4.19. The number of halogens is 5. The molecular weight excluding hydrogens is 303 g/mol. The summed E-state index contributed by atoms with van der Waals surface area (Å²) < 4.78 is 69.1. The molecule has 0 aliphatic carbocycles. The first-order valence-electron chi connectivity index (χ1n) is 6.52. The van der Waals surface area contributed by atoms with Gasteiger partial charge in [0.15, 0.2) is 0 Å². The second-order valence-electron chi connectivity index (χ2n) is 4.94. The predicted molar refractivity (Wildman–Crippen MR) is 71.7 cm³/mol. The van der Waals surface area contributed by atoms with Crippen LogP contribution in [0.25, 0.3) is 0 Å². The van der Waals surface area contributed by atoms with Crippen LogP contribution < -0.4 is 4.74 Å². The second-order valence-corrected chi connectivity index (χ2v) is 4.94. The SMILES string of the molecule is CC(COc1cc(F)cc(C(F)(F)F)c1)c1ccc(F)cc1. The van der Waals surface area contributed by atoms with Crippen molar-refractivity contribution < 1.29 is 26.7 Å². The third-order valence-corrected chi connectivity index (χ3v) is 3.14. The number of benzene rings is 2. The maximum atomic E-state index is 13.2. The Morgan fingerprint density at radius 3 is 2.18 bits per heavy atom. The van der Waals surface area contributed by atoms with E-state index in [2.05, 4.69) is 0 Å². The molecule has 0 saturated carbocycles. The van der Waals surface area contributed by atoms with Crippen LogP contribution in [0.4, 0.5) is 22.0 Å². The molecule has 1 unspecified atom stereocenters. The molecule has 2 rings (SSSR count). The van der Waals surface area contributed by atoms with Gasteiger partial charge in [-0.1, -0.05) is 19.1 Å². The Morgan fingerprint density at radius 1 is 0.955 bits per heavy atom. The first-order valence-corrected chi connectivity index (χ1v) is 6.52. The first-order chi connectivity index (χ1) is 10.3. The van der Waals surface area contributed by atoms with Crippen molar-refractivity contribution in [2.75, 3.05) is 6.61 Å². The van der Waals surface area contributed by atoms with Gasteiger partial charge in [-0.2, -0.15) is 13.2 Å². The van der Waals surface area contributed by atoms with Gasteiger partial charge in [0.25, 0.3) is 0 Å². The molecule has 2 aromatic carbocycles. The van der Waals surface area contributed by atoms with Crippen molar-refractivity contribution in [2.24, 2.45) is 0 Å². The molecule has 6 heteroatoms. The van der Waals surface area contributed by atoms with Crippen LogP contribution in [0.5, 0.6) is 5.75 Å². The Morgan fingerprint density at radius 2 is 1.59 bits per heavy atom. The van der Waals surface area contributed by atoms with E-state index in [9.17, 15) is 22.0 Å². The summed E-state index contributed by atoms with van der Waals surface area (Å²) in [5.41, 5.74) is -0.328. The topological polar surface area (TPSA) is 9.23 Å². The molecule has 1 nitrogen and oxygen atoms in total. The molecule has 0 fully saturated rings. The van der Waals surface area contributed by atoms with E-state index >= 15 is 0 Å². The zero-order chi connectivity index (χ0) is 16.3. The van der Waals surface area contributed by atoms with Crippen molar-refractivity contribution in [1.82, 2.24) is 0 Å². The van der Waals surface area contributed by atoms with Gasteiger partial charge in [0.1, 0.15) is 17.4 Å². The fourth-order valence-corrected chi connectivity index (χ4v) is 1.92. The molecular formula is C16H13F5O. The highest BCUT2D eigenvalue weighted by molar-refractivity contribution is 5.31. The zero-order valence-corrected chi connectivity index (χ0v) is 11.6. The van der Waals surface area contributed by atoms with Crippen molar-refractivity contribution in [3.8, 4) is 5.75 Å². The van der Waals surface area contributed by atoms with E-state index in [1.54, 1.807) is 19.1 Å². The number of alkyl halides is 3. The van der Waals surface area contributed by atoms with E-state index in [-0.39, 0.29) is 24.1 Å². The monoisotopic (exact) mass is 316 g/mol. The molecule has 0 radical (unpaired) electrons. The van der Waals surface area contributed by atoms with Crippen molar-refractivity contribution in [3.05, 3.63) is 65.2 Å². The van der Waals surface area contributed by atoms with Gasteiger partial charge in [-0.3, -0.25) is 0 Å². The molecule has 0 amide bonds. The number of rotatable bonds is 4. The molecule has 0 heterocycles. The molecule has 0 aliphatic rings. The van der Waals surface area contributed by atoms with E-state index in [0.29, 0.717) is 6.07 Å². The molecule has 0 aliphatic heterocycles. The summed E-state index contributed by atoms with van der Waals surface area (Å²) in [5, 5.41) is 0. The van der Waals surface area contributed by atoms with Crippen LogP contribution in [0.15, 0.2) is 42.5 Å². The highest BCUT2D eigenvalue weighted by Crippen LogP contribution is 2.32. The highest BCUT2D eigenvalue weighted by atomic mass is 19.4. The van der Waals surface area contributed by atoms with Gasteiger partial charge in [0.05, 0.1) is 12.2 Å². The van der Waals surface area contributed by atoms with Crippen LogP contribution in [0, 0.1) is 11.6 Å². The summed E-state index contributed by atoms with van der Waals surface area (Å²) in [6.45, 7) is 1.82. The Hall–Kier alpha value is -2.11. The average Bonchev–Trinajstić information content (AvgIpc) is 2.44. The number of hydrogen-bond acceptors (Lipinski definition) is 1. The average molecular weight is 316 g/mol. The minimum Gasteiger partial charge on any atom is -0.493 e. The van der Waals surface area contributed by atoms with Gasteiger partial charge in [0.2, 0.25) is 0 Å². The molecule has 0 N–H and O–H groups in total. The summed E-state index contributed by atoms with van der Waals surface area (Å²) in [6.07, 6.45) is -4.64. The Labute approximate surface area is 124 Å². The van der Waals surface area contributed by atoms with Gasteiger partial charge in [-0.05, 0) is 29.8 Å². The molecule has 0 spiro atoms. The highest BCUT2D eigenvalue weighted by Gasteiger charge is 2.31. The van der Waals surface area contributed by atoms with Gasteiger partial charge in [-0.15, -0.1) is 0 Å². The molecule has 2 aromatic rings. The lowest BCUT2D eigenvalue weighted by Crippen LogP contribution is -2.09. The first kappa shape index (κ1) is 16.3. The largest absolute Gasteiger partial charge is 0.493 e. The minimum atomic E-state index is -4.64. The van der Waals surface area contributed by atoms with E-state index < -0.39 is 17.6 Å². The van der Waals surface area contributed by atoms with Crippen molar-refractivity contribution >= 4 is 0 Å². The quantitative estimate of drug-likeness (QED) is 0.707. The van der Waals surface area contributed by atoms with Crippen molar-refractivity contribution in [3.63, 3.8) is 0 Å². The van der Waals surface area contributed by atoms with E-state index in [4.69, 9.17) is 4.74 Å². The van der Waals surface area contributed by atoms with E-state index in [1.807, 2.05) is 0 Å². The van der Waals surface area contributed by atoms with Crippen molar-refractivity contribution in [2.45, 2.75) is 19.0 Å². The summed E-state index contributed by atoms with van der Waals surface area (Å²) in [6, 6.07) is 7.76. The Balaban J connectivity index is 2.08. The van der Waals surface area contributed by atoms with Crippen LogP contribution in [0.3, 0.4) is 0 Å². The van der Waals surface area contributed by atoms with Crippen LogP contribution in [0.2, 0.25) is 0 Å². The van der Waals surface area contributed by atoms with Gasteiger partial charge in [-0.25, -0.2) is 8.78 Å². The van der Waals surface area contributed by atoms with Crippen LogP contribution in [-0.4, -0.2) is 6.61 Å². The predicted octanol–water partition coefficient (Wildman–Crippen LogP) is 5.17. The third-order valence-electron chi connectivity index (χ3n) is 3.14. The van der Waals surface area contributed by atoms with Gasteiger partial charge >= 0.3 is 6.18 Å². The van der Waals surface area contributed by atoms with Crippen LogP contribution in [-0.2, 0) is 6.18 Å². The summed E-state index contributed by atoms with van der Waals surface area (Å²) >= 11 is 0. The van der Waals surface area contributed by atoms with E-state index in [0.717, 1.165) is 17.7 Å². The molecule has 118 valence electrons. The molecule has 1 atom stereocenters. The lowest BCUT2D eigenvalue weighted by molar-refractivity contribution is -0.137. The van der Waals surface area contributed by atoms with Crippen LogP contribution >= 0.6 is 0 Å². The number of hydrogen-bond donors (Lipinski definition) is 0. The van der Waals surface area contributed by atoms with Gasteiger partial charge in [0, 0.05) is 12.0 Å². The Bertz CT molecular complexity index is 634. The second kappa shape index (κ2) is 6.34. The lowest BCUT2D eigenvalue weighted by atomic mass is 10.0. The lowest BCUT2D eigenvalue weighted by Gasteiger charge is -2.15. The van der Waals surface area contributed by atoms with E-state index in [1.165, 1.54) is 12.1 Å². The molecule has 22 heavy (non-hydrogen) atoms. The maximum absolute atomic E-state index is 13.2. The smallest absolute Gasteiger partial charge is 0.416 e. The zero-order valence-electron chi connectivity index (χ0n) is 11.6. The van der Waals surface area contributed by atoms with Crippen LogP contribution in [0.1, 0.15) is 24.0 Å². The molecule has 0 aromatic heterocycles. The molecule has 0 saturated heterocycles. The maximum Gasteiger partial charge on any atom is 0.416 e. The number of ether oxygens (including phenoxy) is 1. The minimum absolute atomic E-state index is 0.0480. The van der Waals surface area contributed by atoms with Crippen molar-refractivity contribution in [1.29, 1.82) is 0 Å².